The number of urea groups is 1. The molecule has 8 heteroatoms. The maximum atomic E-state index is 13.0. The third-order valence-corrected chi connectivity index (χ3v) is 4.74. The fourth-order valence-electron chi connectivity index (χ4n) is 2.83. The van der Waals surface area contributed by atoms with Crippen molar-refractivity contribution in [3.05, 3.63) is 0 Å². The second-order valence-electron chi connectivity index (χ2n) is 6.38. The molecular formula is C13H23F3N2O2S. The van der Waals surface area contributed by atoms with Gasteiger partial charge in [0, 0.05) is 41.9 Å². The van der Waals surface area contributed by atoms with Crippen LogP contribution >= 0.6 is 0 Å². The number of hydrogen-bond donors (Lipinski definition) is 1. The van der Waals surface area contributed by atoms with Crippen LogP contribution in [0.4, 0.5) is 18.0 Å². The van der Waals surface area contributed by atoms with Crippen LogP contribution in [0.5, 0.6) is 0 Å². The number of rotatable bonds is 3. The largest absolute Gasteiger partial charge is 0.392 e. The van der Waals surface area contributed by atoms with Gasteiger partial charge in [-0.1, -0.05) is 13.8 Å². The Morgan fingerprint density at radius 1 is 1.48 bits per heavy atom. The molecule has 1 saturated heterocycles. The highest BCUT2D eigenvalue weighted by molar-refractivity contribution is 7.84. The van der Waals surface area contributed by atoms with Crippen molar-refractivity contribution in [2.24, 2.45) is 11.3 Å². The Kier molecular flexibility index (Phi) is 5.69. The highest BCUT2D eigenvalue weighted by atomic mass is 32.2. The quantitative estimate of drug-likeness (QED) is 0.865. The minimum atomic E-state index is -4.24. The molecular weight excluding hydrogens is 305 g/mol. The lowest BCUT2D eigenvalue weighted by molar-refractivity contribution is -0.214. The van der Waals surface area contributed by atoms with Gasteiger partial charge >= 0.3 is 12.2 Å². The summed E-state index contributed by atoms with van der Waals surface area (Å²) in [5.41, 5.74) is -1.01. The van der Waals surface area contributed by atoms with Crippen LogP contribution in [0.3, 0.4) is 0 Å². The Hall–Kier alpha value is -0.790. The van der Waals surface area contributed by atoms with Gasteiger partial charge in [-0.15, -0.1) is 0 Å². The van der Waals surface area contributed by atoms with Crippen LogP contribution in [0.15, 0.2) is 0 Å². The van der Waals surface area contributed by atoms with E-state index < -0.39 is 28.3 Å². The van der Waals surface area contributed by atoms with Gasteiger partial charge in [-0.3, -0.25) is 4.21 Å². The number of amides is 2. The van der Waals surface area contributed by atoms with E-state index in [1.807, 2.05) is 0 Å². The summed E-state index contributed by atoms with van der Waals surface area (Å²) in [4.78, 5) is 13.5. The summed E-state index contributed by atoms with van der Waals surface area (Å²) in [6.45, 7) is 4.95. The maximum Gasteiger partial charge on any atom is 0.392 e. The monoisotopic (exact) mass is 328 g/mol. The molecule has 0 saturated carbocycles. The van der Waals surface area contributed by atoms with Crippen LogP contribution in [0.2, 0.25) is 0 Å². The number of likely N-dealkylation sites (tertiary alicyclic amines) is 1. The number of carbonyl (C=O) groups excluding carboxylic acids is 1. The number of nitrogens with one attached hydrogen (secondary N) is 1. The first kappa shape index (κ1) is 18.3. The fourth-order valence-corrected chi connectivity index (χ4v) is 3.62. The molecule has 1 N–H and O–H groups in total. The van der Waals surface area contributed by atoms with Crippen LogP contribution in [0.25, 0.3) is 0 Å². The maximum absolute atomic E-state index is 13.0. The second kappa shape index (κ2) is 6.54. The minimum Gasteiger partial charge on any atom is -0.335 e. The normalized spacial score (nSPS) is 25.3. The van der Waals surface area contributed by atoms with Crippen molar-refractivity contribution < 1.29 is 22.2 Å². The van der Waals surface area contributed by atoms with Crippen molar-refractivity contribution in [2.75, 3.05) is 25.1 Å². The predicted octanol–water partition coefficient (Wildman–Crippen LogP) is 2.37. The lowest BCUT2D eigenvalue weighted by atomic mass is 9.73. The standard InChI is InChI=1S/C13H23F3N2O2S/c1-9(7-21(4)20)17-11(19)18-6-5-10(13(14,15)16)12(2,3)8-18/h9-10H,5-8H2,1-4H3,(H,17,19)/t9-,10+,21+/m1/s1. The van der Waals surface area contributed by atoms with E-state index in [1.54, 1.807) is 13.2 Å². The van der Waals surface area contributed by atoms with Crippen molar-refractivity contribution in [2.45, 2.75) is 39.4 Å². The molecule has 124 valence electrons. The third kappa shape index (κ3) is 5.16. The van der Waals surface area contributed by atoms with Crippen LogP contribution in [-0.2, 0) is 10.8 Å². The number of nitrogens with zero attached hydrogens (tertiary/aromatic N) is 1. The molecule has 0 spiro atoms. The number of hydrogen-bond acceptors (Lipinski definition) is 2. The molecule has 0 bridgehead atoms. The first-order valence-corrected chi connectivity index (χ1v) is 8.58. The van der Waals surface area contributed by atoms with E-state index in [0.29, 0.717) is 5.75 Å². The van der Waals surface area contributed by atoms with Crippen LogP contribution in [0.1, 0.15) is 27.2 Å². The van der Waals surface area contributed by atoms with Crippen molar-refractivity contribution in [1.82, 2.24) is 10.2 Å². The highest BCUT2D eigenvalue weighted by Crippen LogP contribution is 2.44. The van der Waals surface area contributed by atoms with E-state index in [1.165, 1.54) is 18.7 Å². The van der Waals surface area contributed by atoms with Crippen LogP contribution in [0, 0.1) is 11.3 Å². The zero-order chi connectivity index (χ0) is 16.4. The molecule has 1 fully saturated rings. The Morgan fingerprint density at radius 2 is 2.05 bits per heavy atom. The van der Waals surface area contributed by atoms with E-state index in [4.69, 9.17) is 0 Å². The molecule has 1 rings (SSSR count). The van der Waals surface area contributed by atoms with Crippen molar-refractivity contribution in [3.8, 4) is 0 Å². The molecule has 0 aromatic rings. The number of alkyl halides is 3. The van der Waals surface area contributed by atoms with Crippen molar-refractivity contribution in [3.63, 3.8) is 0 Å². The predicted molar refractivity (Wildman–Crippen MR) is 76.4 cm³/mol. The first-order chi connectivity index (χ1) is 9.43. The van der Waals surface area contributed by atoms with Crippen molar-refractivity contribution >= 4 is 16.8 Å². The molecule has 4 nitrogen and oxygen atoms in total. The smallest absolute Gasteiger partial charge is 0.335 e. The molecule has 3 atom stereocenters. The van der Waals surface area contributed by atoms with Crippen LogP contribution in [-0.4, -0.2) is 52.5 Å². The molecule has 0 unspecified atom stereocenters. The van der Waals surface area contributed by atoms with Gasteiger partial charge in [0.15, 0.2) is 0 Å². The van der Waals surface area contributed by atoms with Gasteiger partial charge in [0.25, 0.3) is 0 Å². The van der Waals surface area contributed by atoms with Gasteiger partial charge in [-0.05, 0) is 18.8 Å². The molecule has 0 aromatic carbocycles. The lowest BCUT2D eigenvalue weighted by Crippen LogP contribution is -2.55. The van der Waals surface area contributed by atoms with Gasteiger partial charge in [0.05, 0.1) is 5.92 Å². The fraction of sp³-hybridized carbons (Fsp3) is 0.923. The van der Waals surface area contributed by atoms with Gasteiger partial charge in [0.2, 0.25) is 0 Å². The van der Waals surface area contributed by atoms with Crippen molar-refractivity contribution in [1.29, 1.82) is 0 Å². The summed E-state index contributed by atoms with van der Waals surface area (Å²) in [6.07, 6.45) is -2.78. The SMILES string of the molecule is C[C@H](C[S@](C)=O)NC(=O)N1CC[C@H](C(F)(F)F)C(C)(C)C1. The first-order valence-electron chi connectivity index (χ1n) is 6.85. The number of piperidine rings is 1. The van der Waals surface area contributed by atoms with E-state index in [2.05, 4.69) is 5.32 Å². The van der Waals surface area contributed by atoms with Gasteiger partial charge in [0.1, 0.15) is 0 Å². The topological polar surface area (TPSA) is 49.4 Å². The van der Waals surface area contributed by atoms with E-state index in [0.717, 1.165) is 0 Å². The summed E-state index contributed by atoms with van der Waals surface area (Å²) in [7, 11) is -1.03. The summed E-state index contributed by atoms with van der Waals surface area (Å²) in [6, 6.07) is -0.659. The molecule has 2 amide bonds. The summed E-state index contributed by atoms with van der Waals surface area (Å²) >= 11 is 0. The molecule has 1 heterocycles. The van der Waals surface area contributed by atoms with Gasteiger partial charge in [-0.25, -0.2) is 4.79 Å². The average molecular weight is 328 g/mol. The second-order valence-corrected chi connectivity index (χ2v) is 7.86. The molecule has 21 heavy (non-hydrogen) atoms. The molecule has 0 aromatic heterocycles. The molecule has 1 aliphatic heterocycles. The zero-order valence-corrected chi connectivity index (χ0v) is 13.6. The Labute approximate surface area is 125 Å². The van der Waals surface area contributed by atoms with E-state index in [9.17, 15) is 22.2 Å². The molecule has 1 aliphatic rings. The average Bonchev–Trinajstić information content (AvgIpc) is 2.23. The van der Waals surface area contributed by atoms with Gasteiger partial charge in [-0.2, -0.15) is 13.2 Å². The van der Waals surface area contributed by atoms with E-state index >= 15 is 0 Å². The summed E-state index contributed by atoms with van der Waals surface area (Å²) in [5.74, 6) is -1.07. The number of carbonyl (C=O) groups is 1. The molecule has 0 radical (unpaired) electrons. The lowest BCUT2D eigenvalue weighted by Gasteiger charge is -2.44. The molecule has 0 aliphatic carbocycles. The van der Waals surface area contributed by atoms with Crippen LogP contribution < -0.4 is 5.32 Å². The number of halogens is 3. The minimum absolute atomic E-state index is 0.0605. The van der Waals surface area contributed by atoms with Gasteiger partial charge < -0.3 is 10.2 Å². The summed E-state index contributed by atoms with van der Waals surface area (Å²) < 4.78 is 50.0. The third-order valence-electron chi connectivity index (χ3n) is 3.77. The Bertz CT molecular complexity index is 413. The highest BCUT2D eigenvalue weighted by Gasteiger charge is 2.51. The zero-order valence-electron chi connectivity index (χ0n) is 12.8. The Morgan fingerprint density at radius 3 is 2.48 bits per heavy atom. The Balaban J connectivity index is 2.64. The summed E-state index contributed by atoms with van der Waals surface area (Å²) in [5, 5.41) is 2.68. The van der Waals surface area contributed by atoms with E-state index in [-0.39, 0.29) is 31.6 Å².